The minimum absolute atomic E-state index is 0.142. The summed E-state index contributed by atoms with van der Waals surface area (Å²) in [6.07, 6.45) is 0.495. The summed E-state index contributed by atoms with van der Waals surface area (Å²) in [5, 5.41) is 8.95. The third kappa shape index (κ3) is 3.49. The van der Waals surface area contributed by atoms with Gasteiger partial charge in [-0.05, 0) is 29.8 Å². The number of para-hydroxylation sites is 1. The third-order valence-electron chi connectivity index (χ3n) is 3.41. The second kappa shape index (κ2) is 6.71. The number of rotatable bonds is 5. The van der Waals surface area contributed by atoms with Gasteiger partial charge < -0.3 is 4.90 Å². The number of hydrogen-bond acceptors (Lipinski definition) is 3. The maximum atomic E-state index is 12.0. The number of hydrogen-bond donors (Lipinski definition) is 0. The van der Waals surface area contributed by atoms with E-state index in [4.69, 9.17) is 5.26 Å². The predicted molar refractivity (Wildman–Crippen MR) is 84.3 cm³/mol. The number of carbonyl (C=O) groups excluding carboxylic acids is 1. The van der Waals surface area contributed by atoms with Gasteiger partial charge in [-0.1, -0.05) is 31.2 Å². The molecule has 2 aromatic carbocycles. The van der Waals surface area contributed by atoms with Gasteiger partial charge in [0.25, 0.3) is 0 Å². The van der Waals surface area contributed by atoms with E-state index in [9.17, 15) is 4.79 Å². The quantitative estimate of drug-likeness (QED) is 0.782. The van der Waals surface area contributed by atoms with Crippen molar-refractivity contribution < 1.29 is 4.79 Å². The smallest absolute Gasteiger partial charge is 0.164 e. The summed E-state index contributed by atoms with van der Waals surface area (Å²) in [6.45, 7) is 2.53. The first-order valence-corrected chi connectivity index (χ1v) is 6.98. The van der Waals surface area contributed by atoms with E-state index in [0.29, 0.717) is 18.5 Å². The zero-order valence-electron chi connectivity index (χ0n) is 12.3. The van der Waals surface area contributed by atoms with E-state index < -0.39 is 0 Å². The van der Waals surface area contributed by atoms with Crippen molar-refractivity contribution in [1.29, 1.82) is 5.26 Å². The Morgan fingerprint density at radius 2 is 1.95 bits per heavy atom. The monoisotopic (exact) mass is 278 g/mol. The summed E-state index contributed by atoms with van der Waals surface area (Å²) in [5.74, 6) is 0.142. The summed E-state index contributed by atoms with van der Waals surface area (Å²) < 4.78 is 0. The van der Waals surface area contributed by atoms with E-state index >= 15 is 0 Å². The molecule has 3 nitrogen and oxygen atoms in total. The number of Topliss-reactive ketones (excluding diaryl/α,β-unsaturated/α-hetero) is 1. The van der Waals surface area contributed by atoms with E-state index in [0.717, 1.165) is 16.8 Å². The van der Waals surface area contributed by atoms with Crippen molar-refractivity contribution in [2.75, 3.05) is 11.9 Å². The molecule has 0 aliphatic rings. The maximum Gasteiger partial charge on any atom is 0.164 e. The van der Waals surface area contributed by atoms with E-state index in [1.54, 1.807) is 6.07 Å². The lowest BCUT2D eigenvalue weighted by atomic mass is 10.1. The lowest BCUT2D eigenvalue weighted by molar-refractivity contribution is 0.0988. The molecule has 0 N–H and O–H groups in total. The highest BCUT2D eigenvalue weighted by Crippen LogP contribution is 2.22. The van der Waals surface area contributed by atoms with E-state index in [2.05, 4.69) is 6.07 Å². The van der Waals surface area contributed by atoms with Crippen LogP contribution in [0, 0.1) is 11.3 Å². The third-order valence-corrected chi connectivity index (χ3v) is 3.41. The molecular weight excluding hydrogens is 260 g/mol. The van der Waals surface area contributed by atoms with Crippen molar-refractivity contribution in [3.63, 3.8) is 0 Å². The average Bonchev–Trinajstić information content (AvgIpc) is 2.54. The van der Waals surface area contributed by atoms with Crippen LogP contribution >= 0.6 is 0 Å². The van der Waals surface area contributed by atoms with Crippen LogP contribution in [0.4, 0.5) is 5.69 Å². The molecule has 2 aromatic rings. The maximum absolute atomic E-state index is 12.0. The normalized spacial score (nSPS) is 9.95. The molecule has 0 heterocycles. The van der Waals surface area contributed by atoms with Crippen molar-refractivity contribution in [1.82, 2.24) is 0 Å². The zero-order valence-corrected chi connectivity index (χ0v) is 12.3. The largest absolute Gasteiger partial charge is 0.370 e. The van der Waals surface area contributed by atoms with Crippen LogP contribution in [0.15, 0.2) is 48.5 Å². The number of anilines is 1. The van der Waals surface area contributed by atoms with Gasteiger partial charge in [0.05, 0.1) is 11.6 Å². The molecule has 0 aromatic heterocycles. The van der Waals surface area contributed by atoms with Crippen LogP contribution < -0.4 is 4.90 Å². The van der Waals surface area contributed by atoms with Crippen LogP contribution in [0.5, 0.6) is 0 Å². The summed E-state index contributed by atoms with van der Waals surface area (Å²) in [7, 11) is 1.96. The Morgan fingerprint density at radius 3 is 2.67 bits per heavy atom. The Morgan fingerprint density at radius 1 is 1.19 bits per heavy atom. The van der Waals surface area contributed by atoms with E-state index in [1.165, 1.54) is 0 Å². The molecule has 0 aliphatic heterocycles. The van der Waals surface area contributed by atoms with Gasteiger partial charge in [0, 0.05) is 31.3 Å². The fraction of sp³-hybridized carbons (Fsp3) is 0.222. The number of nitriles is 1. The van der Waals surface area contributed by atoms with Crippen LogP contribution in [0.1, 0.15) is 34.8 Å². The minimum Gasteiger partial charge on any atom is -0.370 e. The molecule has 0 radical (unpaired) electrons. The molecule has 3 heteroatoms. The number of nitrogens with zero attached hydrogens (tertiary/aromatic N) is 2. The van der Waals surface area contributed by atoms with Gasteiger partial charge in [0.1, 0.15) is 0 Å². The van der Waals surface area contributed by atoms with Crippen LogP contribution in [-0.2, 0) is 6.54 Å². The summed E-state index contributed by atoms with van der Waals surface area (Å²) in [4.78, 5) is 14.1. The molecule has 0 aliphatic carbocycles. The standard InChI is InChI=1S/C18H18N2O/c1-3-18(21)16-9-4-5-10-17(16)20(2)13-15-8-6-7-14(11-15)12-19/h4-11H,3,13H2,1-2H3. The molecule has 0 atom stereocenters. The number of ketones is 1. The van der Waals surface area contributed by atoms with Crippen LogP contribution in [-0.4, -0.2) is 12.8 Å². The van der Waals surface area contributed by atoms with Gasteiger partial charge in [-0.3, -0.25) is 4.79 Å². The van der Waals surface area contributed by atoms with Crippen molar-refractivity contribution in [3.05, 3.63) is 65.2 Å². The SMILES string of the molecule is CCC(=O)c1ccccc1N(C)Cc1cccc(C#N)c1. The van der Waals surface area contributed by atoms with Crippen molar-refractivity contribution in [3.8, 4) is 6.07 Å². The van der Waals surface area contributed by atoms with Gasteiger partial charge in [0.2, 0.25) is 0 Å². The van der Waals surface area contributed by atoms with Crippen LogP contribution in [0.25, 0.3) is 0 Å². The van der Waals surface area contributed by atoms with Gasteiger partial charge >= 0.3 is 0 Å². The molecule has 0 unspecified atom stereocenters. The second-order valence-corrected chi connectivity index (χ2v) is 4.96. The molecule has 21 heavy (non-hydrogen) atoms. The van der Waals surface area contributed by atoms with Gasteiger partial charge in [-0.15, -0.1) is 0 Å². The molecule has 106 valence electrons. The Hall–Kier alpha value is -2.60. The lowest BCUT2D eigenvalue weighted by Crippen LogP contribution is -2.19. The van der Waals surface area contributed by atoms with Crippen LogP contribution in [0.3, 0.4) is 0 Å². The first kappa shape index (κ1) is 14.8. The summed E-state index contributed by atoms with van der Waals surface area (Å²) in [6, 6.07) is 17.3. The Labute approximate surface area is 125 Å². The van der Waals surface area contributed by atoms with Gasteiger partial charge in [-0.25, -0.2) is 0 Å². The molecule has 0 saturated heterocycles. The number of carbonyl (C=O) groups is 1. The fourth-order valence-electron chi connectivity index (χ4n) is 2.33. The fourth-order valence-corrected chi connectivity index (χ4v) is 2.33. The first-order valence-electron chi connectivity index (χ1n) is 6.98. The topological polar surface area (TPSA) is 44.1 Å². The van der Waals surface area contributed by atoms with E-state index in [-0.39, 0.29) is 5.78 Å². The van der Waals surface area contributed by atoms with Crippen molar-refractivity contribution >= 4 is 11.5 Å². The Bertz CT molecular complexity index is 686. The van der Waals surface area contributed by atoms with E-state index in [1.807, 2.05) is 61.3 Å². The molecule has 0 spiro atoms. The molecule has 2 rings (SSSR count). The highest BCUT2D eigenvalue weighted by atomic mass is 16.1. The summed E-state index contributed by atoms with van der Waals surface area (Å²) in [5.41, 5.74) is 3.37. The van der Waals surface area contributed by atoms with Crippen molar-refractivity contribution in [2.45, 2.75) is 19.9 Å². The average molecular weight is 278 g/mol. The molecule has 0 bridgehead atoms. The Kier molecular flexibility index (Phi) is 4.73. The number of benzene rings is 2. The van der Waals surface area contributed by atoms with Crippen LogP contribution in [0.2, 0.25) is 0 Å². The first-order chi connectivity index (χ1) is 10.2. The second-order valence-electron chi connectivity index (χ2n) is 4.96. The highest BCUT2D eigenvalue weighted by Gasteiger charge is 2.12. The predicted octanol–water partition coefficient (Wildman–Crippen LogP) is 3.79. The van der Waals surface area contributed by atoms with Crippen molar-refractivity contribution in [2.24, 2.45) is 0 Å². The van der Waals surface area contributed by atoms with Gasteiger partial charge in [0.15, 0.2) is 5.78 Å². The Balaban J connectivity index is 2.26. The molecule has 0 saturated carbocycles. The minimum atomic E-state index is 0.142. The summed E-state index contributed by atoms with van der Waals surface area (Å²) >= 11 is 0. The molecular formula is C18H18N2O. The van der Waals surface area contributed by atoms with Gasteiger partial charge in [-0.2, -0.15) is 5.26 Å². The molecule has 0 fully saturated rings. The molecule has 0 amide bonds. The highest BCUT2D eigenvalue weighted by molar-refractivity contribution is 6.01. The zero-order chi connectivity index (χ0) is 15.2. The lowest BCUT2D eigenvalue weighted by Gasteiger charge is -2.22.